The molecular weight excluding hydrogens is 180 g/mol. The molecule has 3 nitrogen and oxygen atoms in total. The molecule has 0 spiro atoms. The Morgan fingerprint density at radius 1 is 1.43 bits per heavy atom. The van der Waals surface area contributed by atoms with Gasteiger partial charge in [-0.15, -0.1) is 0 Å². The van der Waals surface area contributed by atoms with Gasteiger partial charge >= 0.3 is 0 Å². The van der Waals surface area contributed by atoms with Crippen molar-refractivity contribution in [3.05, 3.63) is 12.3 Å². The highest BCUT2D eigenvalue weighted by molar-refractivity contribution is 6.12. The molecule has 0 aromatic heterocycles. The molecular formula is C11H16O3. The van der Waals surface area contributed by atoms with Crippen molar-refractivity contribution in [2.24, 2.45) is 5.41 Å². The summed E-state index contributed by atoms with van der Waals surface area (Å²) in [6, 6.07) is 0. The predicted octanol–water partition coefficient (Wildman–Crippen LogP) is 1.86. The molecule has 1 saturated carbocycles. The summed E-state index contributed by atoms with van der Waals surface area (Å²) in [5.41, 5.74) is -0.869. The van der Waals surface area contributed by atoms with Crippen molar-refractivity contribution in [1.29, 1.82) is 0 Å². The van der Waals surface area contributed by atoms with Crippen LogP contribution in [0.1, 0.15) is 33.1 Å². The van der Waals surface area contributed by atoms with Gasteiger partial charge in [-0.1, -0.05) is 6.58 Å². The van der Waals surface area contributed by atoms with Crippen molar-refractivity contribution < 1.29 is 14.3 Å². The summed E-state index contributed by atoms with van der Waals surface area (Å²) >= 11 is 0. The summed E-state index contributed by atoms with van der Waals surface area (Å²) in [4.78, 5) is 23.1. The van der Waals surface area contributed by atoms with Gasteiger partial charge in [0, 0.05) is 19.3 Å². The van der Waals surface area contributed by atoms with Crippen LogP contribution in [0.4, 0.5) is 0 Å². The Labute approximate surface area is 84.1 Å². The fourth-order valence-electron chi connectivity index (χ4n) is 1.78. The summed E-state index contributed by atoms with van der Waals surface area (Å²) < 4.78 is 5.17. The van der Waals surface area contributed by atoms with Crippen LogP contribution in [0.2, 0.25) is 0 Å². The zero-order valence-electron chi connectivity index (χ0n) is 8.76. The third-order valence-electron chi connectivity index (χ3n) is 2.71. The number of hydrogen-bond donors (Lipinski definition) is 0. The van der Waals surface area contributed by atoms with Crippen molar-refractivity contribution in [1.82, 2.24) is 0 Å². The van der Waals surface area contributed by atoms with Crippen molar-refractivity contribution >= 4 is 11.6 Å². The molecule has 0 heterocycles. The van der Waals surface area contributed by atoms with Crippen LogP contribution in [-0.2, 0) is 14.3 Å². The Bertz CT molecular complexity index is 262. The van der Waals surface area contributed by atoms with E-state index in [4.69, 9.17) is 4.74 Å². The van der Waals surface area contributed by atoms with E-state index in [0.29, 0.717) is 31.6 Å². The SMILES string of the molecule is C=C(CC1(C)C(=O)CCC1=O)OCC. The molecule has 3 heteroatoms. The summed E-state index contributed by atoms with van der Waals surface area (Å²) in [6.45, 7) is 7.76. The van der Waals surface area contributed by atoms with Gasteiger partial charge in [0.1, 0.15) is 11.6 Å². The Kier molecular flexibility index (Phi) is 3.09. The fourth-order valence-corrected chi connectivity index (χ4v) is 1.78. The lowest BCUT2D eigenvalue weighted by molar-refractivity contribution is -0.134. The fraction of sp³-hybridized carbons (Fsp3) is 0.636. The summed E-state index contributed by atoms with van der Waals surface area (Å²) in [6.07, 6.45) is 1.07. The number of ketones is 2. The van der Waals surface area contributed by atoms with Crippen LogP contribution < -0.4 is 0 Å². The second kappa shape index (κ2) is 3.95. The van der Waals surface area contributed by atoms with E-state index in [2.05, 4.69) is 6.58 Å². The lowest BCUT2D eigenvalue weighted by atomic mass is 9.82. The van der Waals surface area contributed by atoms with Crippen molar-refractivity contribution in [2.45, 2.75) is 33.1 Å². The highest BCUT2D eigenvalue weighted by atomic mass is 16.5. The number of carbonyl (C=O) groups excluding carboxylic acids is 2. The highest BCUT2D eigenvalue weighted by Gasteiger charge is 2.45. The molecule has 78 valence electrons. The minimum Gasteiger partial charge on any atom is -0.499 e. The van der Waals surface area contributed by atoms with Crippen molar-refractivity contribution in [2.75, 3.05) is 6.61 Å². The van der Waals surface area contributed by atoms with Gasteiger partial charge in [0.05, 0.1) is 17.8 Å². The van der Waals surface area contributed by atoms with E-state index >= 15 is 0 Å². The molecule has 1 aliphatic carbocycles. The van der Waals surface area contributed by atoms with E-state index in [9.17, 15) is 9.59 Å². The van der Waals surface area contributed by atoms with Gasteiger partial charge in [-0.05, 0) is 13.8 Å². The standard InChI is InChI=1S/C11H16O3/c1-4-14-8(2)7-11(3)9(12)5-6-10(11)13/h2,4-7H2,1,3H3. The number of rotatable bonds is 4. The van der Waals surface area contributed by atoms with Gasteiger partial charge in [0.25, 0.3) is 0 Å². The molecule has 0 saturated heterocycles. The lowest BCUT2D eigenvalue weighted by Crippen LogP contribution is -2.29. The molecule has 14 heavy (non-hydrogen) atoms. The maximum Gasteiger partial charge on any atom is 0.147 e. The van der Waals surface area contributed by atoms with Gasteiger partial charge in [-0.25, -0.2) is 0 Å². The van der Waals surface area contributed by atoms with Crippen LogP contribution in [0.25, 0.3) is 0 Å². The molecule has 1 aliphatic rings. The van der Waals surface area contributed by atoms with E-state index in [0.717, 1.165) is 0 Å². The smallest absolute Gasteiger partial charge is 0.147 e. The number of carbonyl (C=O) groups is 2. The molecule has 0 aromatic carbocycles. The third-order valence-corrected chi connectivity index (χ3v) is 2.71. The highest BCUT2D eigenvalue weighted by Crippen LogP contribution is 2.36. The second-order valence-corrected chi connectivity index (χ2v) is 3.83. The van der Waals surface area contributed by atoms with Crippen LogP contribution in [0.3, 0.4) is 0 Å². The van der Waals surface area contributed by atoms with E-state index in [1.165, 1.54) is 0 Å². The monoisotopic (exact) mass is 196 g/mol. The second-order valence-electron chi connectivity index (χ2n) is 3.83. The average Bonchev–Trinajstić information content (AvgIpc) is 2.34. The molecule has 0 radical (unpaired) electrons. The zero-order valence-corrected chi connectivity index (χ0v) is 8.76. The molecule has 1 rings (SSSR count). The maximum absolute atomic E-state index is 11.5. The molecule has 0 bridgehead atoms. The van der Waals surface area contributed by atoms with Crippen molar-refractivity contribution in [3.8, 4) is 0 Å². The Morgan fingerprint density at radius 3 is 2.36 bits per heavy atom. The summed E-state index contributed by atoms with van der Waals surface area (Å²) in [5, 5.41) is 0. The Balaban J connectivity index is 2.69. The molecule has 0 N–H and O–H groups in total. The van der Waals surface area contributed by atoms with Crippen molar-refractivity contribution in [3.63, 3.8) is 0 Å². The topological polar surface area (TPSA) is 43.4 Å². The van der Waals surface area contributed by atoms with E-state index in [-0.39, 0.29) is 11.6 Å². The Hall–Kier alpha value is -1.12. The first-order valence-corrected chi connectivity index (χ1v) is 4.88. The van der Waals surface area contributed by atoms with Crippen LogP contribution in [0, 0.1) is 5.41 Å². The minimum absolute atomic E-state index is 0.0170. The number of Topliss-reactive ketones (excluding diaryl/α,β-unsaturated/α-hetero) is 2. The van der Waals surface area contributed by atoms with E-state index < -0.39 is 5.41 Å². The first kappa shape index (κ1) is 11.0. The van der Waals surface area contributed by atoms with Crippen LogP contribution in [0.5, 0.6) is 0 Å². The largest absolute Gasteiger partial charge is 0.499 e. The zero-order chi connectivity index (χ0) is 10.8. The molecule has 0 amide bonds. The molecule has 1 fully saturated rings. The van der Waals surface area contributed by atoms with Crippen LogP contribution >= 0.6 is 0 Å². The first-order chi connectivity index (χ1) is 6.50. The summed E-state index contributed by atoms with van der Waals surface area (Å²) in [5.74, 6) is 0.560. The van der Waals surface area contributed by atoms with Crippen LogP contribution in [0.15, 0.2) is 12.3 Å². The predicted molar refractivity (Wildman–Crippen MR) is 52.7 cm³/mol. The van der Waals surface area contributed by atoms with Gasteiger partial charge in [0.15, 0.2) is 0 Å². The minimum atomic E-state index is -0.869. The van der Waals surface area contributed by atoms with Gasteiger partial charge in [-0.2, -0.15) is 0 Å². The quantitative estimate of drug-likeness (QED) is 0.509. The Morgan fingerprint density at radius 2 is 1.93 bits per heavy atom. The molecule has 0 aliphatic heterocycles. The first-order valence-electron chi connectivity index (χ1n) is 4.88. The van der Waals surface area contributed by atoms with E-state index in [1.807, 2.05) is 6.92 Å². The molecule has 0 aromatic rings. The van der Waals surface area contributed by atoms with E-state index in [1.54, 1.807) is 6.92 Å². The van der Waals surface area contributed by atoms with Gasteiger partial charge in [0.2, 0.25) is 0 Å². The third kappa shape index (κ3) is 1.86. The number of ether oxygens (including phenoxy) is 1. The van der Waals surface area contributed by atoms with Gasteiger partial charge < -0.3 is 4.74 Å². The maximum atomic E-state index is 11.5. The average molecular weight is 196 g/mol. The lowest BCUT2D eigenvalue weighted by Gasteiger charge is -2.21. The van der Waals surface area contributed by atoms with Gasteiger partial charge in [-0.3, -0.25) is 9.59 Å². The summed E-state index contributed by atoms with van der Waals surface area (Å²) in [7, 11) is 0. The number of allylic oxidation sites excluding steroid dienone is 1. The molecule has 0 atom stereocenters. The normalized spacial score (nSPS) is 19.9. The molecule has 0 unspecified atom stereocenters. The van der Waals surface area contributed by atoms with Crippen LogP contribution in [-0.4, -0.2) is 18.2 Å². The number of hydrogen-bond acceptors (Lipinski definition) is 3.